The summed E-state index contributed by atoms with van der Waals surface area (Å²) in [5.41, 5.74) is 1.44. The van der Waals surface area contributed by atoms with E-state index < -0.39 is 0 Å². The van der Waals surface area contributed by atoms with Gasteiger partial charge in [0, 0.05) is 12.1 Å². The maximum atomic E-state index is 8.69. The molecule has 0 saturated heterocycles. The number of ether oxygens (including phenoxy) is 1. The van der Waals surface area contributed by atoms with Crippen LogP contribution in [0.1, 0.15) is 11.1 Å². The highest BCUT2D eigenvalue weighted by Gasteiger charge is 2.01. The average Bonchev–Trinajstić information content (AvgIpc) is 2.05. The lowest BCUT2D eigenvalue weighted by Crippen LogP contribution is -1.91. The minimum Gasteiger partial charge on any atom is -0.380 e. The van der Waals surface area contributed by atoms with Crippen LogP contribution in [0.2, 0.25) is 5.02 Å². The van der Waals surface area contributed by atoms with Gasteiger partial charge in [0.25, 0.3) is 0 Å². The molecule has 0 radical (unpaired) electrons. The van der Waals surface area contributed by atoms with E-state index in [2.05, 4.69) is 6.07 Å². The first-order chi connectivity index (χ1) is 5.77. The molecule has 0 heterocycles. The first-order valence-electron chi connectivity index (χ1n) is 3.45. The summed E-state index contributed by atoms with van der Waals surface area (Å²) in [5.74, 6) is 0. The molecule has 0 aliphatic carbocycles. The summed E-state index contributed by atoms with van der Waals surface area (Å²) in [5, 5.41) is 9.31. The molecule has 0 aromatic heterocycles. The summed E-state index contributed by atoms with van der Waals surface area (Å²) in [6.07, 6.45) is 0. The van der Waals surface area contributed by atoms with Crippen molar-refractivity contribution in [3.05, 3.63) is 34.3 Å². The minimum atomic E-state index is 0.420. The van der Waals surface area contributed by atoms with Gasteiger partial charge in [-0.1, -0.05) is 11.6 Å². The molecular formula is C9H8ClNO. The molecule has 0 atom stereocenters. The molecule has 12 heavy (non-hydrogen) atoms. The van der Waals surface area contributed by atoms with E-state index in [0.29, 0.717) is 17.2 Å². The van der Waals surface area contributed by atoms with Crippen LogP contribution in [0.3, 0.4) is 0 Å². The Balaban J connectivity index is 3.06. The van der Waals surface area contributed by atoms with Crippen molar-refractivity contribution in [3.8, 4) is 6.07 Å². The molecular weight excluding hydrogens is 174 g/mol. The molecule has 0 amide bonds. The van der Waals surface area contributed by atoms with Crippen LogP contribution in [0.4, 0.5) is 0 Å². The molecule has 0 fully saturated rings. The first-order valence-corrected chi connectivity index (χ1v) is 3.83. The maximum Gasteiger partial charge on any atom is 0.0995 e. The van der Waals surface area contributed by atoms with Crippen molar-refractivity contribution in [2.45, 2.75) is 6.61 Å². The van der Waals surface area contributed by atoms with Gasteiger partial charge < -0.3 is 4.74 Å². The molecule has 0 saturated carbocycles. The second-order valence-corrected chi connectivity index (χ2v) is 2.78. The molecule has 1 rings (SSSR count). The largest absolute Gasteiger partial charge is 0.380 e. The van der Waals surface area contributed by atoms with Crippen LogP contribution in [0.5, 0.6) is 0 Å². The molecule has 1 aromatic rings. The van der Waals surface area contributed by atoms with Gasteiger partial charge in [0.2, 0.25) is 0 Å². The quantitative estimate of drug-likeness (QED) is 0.702. The first kappa shape index (κ1) is 9.05. The van der Waals surface area contributed by atoms with Gasteiger partial charge in [-0.15, -0.1) is 0 Å². The van der Waals surface area contributed by atoms with Crippen LogP contribution >= 0.6 is 11.6 Å². The maximum absolute atomic E-state index is 8.69. The van der Waals surface area contributed by atoms with E-state index >= 15 is 0 Å². The molecule has 0 spiro atoms. The summed E-state index contributed by atoms with van der Waals surface area (Å²) < 4.78 is 4.92. The molecule has 3 heteroatoms. The number of methoxy groups -OCH3 is 1. The fourth-order valence-corrected chi connectivity index (χ4v) is 1.14. The van der Waals surface area contributed by atoms with Crippen molar-refractivity contribution in [2.24, 2.45) is 0 Å². The normalized spacial score (nSPS) is 9.42. The van der Waals surface area contributed by atoms with Gasteiger partial charge in [0.15, 0.2) is 0 Å². The summed E-state index contributed by atoms with van der Waals surface area (Å²) in [6, 6.07) is 7.19. The molecule has 2 nitrogen and oxygen atoms in total. The summed E-state index contributed by atoms with van der Waals surface area (Å²) in [7, 11) is 1.59. The van der Waals surface area contributed by atoms with Crippen LogP contribution in [0.15, 0.2) is 18.2 Å². The number of halogens is 1. The average molecular weight is 182 g/mol. The predicted octanol–water partition coefficient (Wildman–Crippen LogP) is 2.36. The third-order valence-electron chi connectivity index (χ3n) is 1.49. The van der Waals surface area contributed by atoms with Gasteiger partial charge >= 0.3 is 0 Å². The van der Waals surface area contributed by atoms with Gasteiger partial charge in [-0.25, -0.2) is 0 Å². The Morgan fingerprint density at radius 3 is 2.92 bits per heavy atom. The number of hydrogen-bond donors (Lipinski definition) is 0. The van der Waals surface area contributed by atoms with Gasteiger partial charge in [-0.05, 0) is 23.8 Å². The smallest absolute Gasteiger partial charge is 0.0995 e. The molecule has 0 unspecified atom stereocenters. The Morgan fingerprint density at radius 2 is 2.33 bits per heavy atom. The Kier molecular flexibility index (Phi) is 3.09. The molecule has 0 bridgehead atoms. The molecule has 1 aromatic carbocycles. The van der Waals surface area contributed by atoms with Gasteiger partial charge in [-0.2, -0.15) is 5.26 Å². The van der Waals surface area contributed by atoms with E-state index in [9.17, 15) is 0 Å². The Labute approximate surface area is 76.3 Å². The van der Waals surface area contributed by atoms with Crippen LogP contribution < -0.4 is 0 Å². The zero-order valence-electron chi connectivity index (χ0n) is 6.67. The van der Waals surface area contributed by atoms with Crippen molar-refractivity contribution in [1.82, 2.24) is 0 Å². The standard InChI is InChI=1S/C9H8ClNO/c1-12-6-8-4-9(10)3-2-7(8)5-11/h2-4H,6H2,1H3. The fourth-order valence-electron chi connectivity index (χ4n) is 0.946. The van der Waals surface area contributed by atoms with Crippen LogP contribution in [-0.4, -0.2) is 7.11 Å². The molecule has 0 N–H and O–H groups in total. The highest BCUT2D eigenvalue weighted by molar-refractivity contribution is 6.30. The van der Waals surface area contributed by atoms with E-state index in [1.807, 2.05) is 0 Å². The number of nitrogens with zero attached hydrogens (tertiary/aromatic N) is 1. The Hall–Kier alpha value is -1.04. The predicted molar refractivity (Wildman–Crippen MR) is 46.9 cm³/mol. The highest BCUT2D eigenvalue weighted by atomic mass is 35.5. The number of benzene rings is 1. The SMILES string of the molecule is COCc1cc(Cl)ccc1C#N. The lowest BCUT2D eigenvalue weighted by Gasteiger charge is -2.01. The van der Waals surface area contributed by atoms with E-state index in [4.69, 9.17) is 21.6 Å². The topological polar surface area (TPSA) is 33.0 Å². The van der Waals surface area contributed by atoms with Crippen molar-refractivity contribution < 1.29 is 4.74 Å². The number of rotatable bonds is 2. The molecule has 0 aliphatic rings. The zero-order valence-corrected chi connectivity index (χ0v) is 7.43. The van der Waals surface area contributed by atoms with Crippen molar-refractivity contribution >= 4 is 11.6 Å². The van der Waals surface area contributed by atoms with Crippen molar-refractivity contribution in [3.63, 3.8) is 0 Å². The van der Waals surface area contributed by atoms with Gasteiger partial charge in [-0.3, -0.25) is 0 Å². The zero-order chi connectivity index (χ0) is 8.97. The fraction of sp³-hybridized carbons (Fsp3) is 0.222. The van der Waals surface area contributed by atoms with Gasteiger partial charge in [0.1, 0.15) is 0 Å². The second-order valence-electron chi connectivity index (χ2n) is 2.35. The molecule has 62 valence electrons. The number of hydrogen-bond acceptors (Lipinski definition) is 2. The summed E-state index contributed by atoms with van der Waals surface area (Å²) in [4.78, 5) is 0. The van der Waals surface area contributed by atoms with E-state index in [1.165, 1.54) is 0 Å². The molecule has 0 aliphatic heterocycles. The lowest BCUT2D eigenvalue weighted by molar-refractivity contribution is 0.184. The van der Waals surface area contributed by atoms with Gasteiger partial charge in [0.05, 0.1) is 18.2 Å². The van der Waals surface area contributed by atoms with E-state index in [0.717, 1.165) is 5.56 Å². The summed E-state index contributed by atoms with van der Waals surface area (Å²) >= 11 is 5.74. The summed E-state index contributed by atoms with van der Waals surface area (Å²) in [6.45, 7) is 0.420. The van der Waals surface area contributed by atoms with E-state index in [-0.39, 0.29) is 0 Å². The third kappa shape index (κ3) is 1.97. The van der Waals surface area contributed by atoms with Crippen LogP contribution in [0.25, 0.3) is 0 Å². The van der Waals surface area contributed by atoms with Crippen LogP contribution in [-0.2, 0) is 11.3 Å². The van der Waals surface area contributed by atoms with E-state index in [1.54, 1.807) is 25.3 Å². The monoisotopic (exact) mass is 181 g/mol. The van der Waals surface area contributed by atoms with Crippen molar-refractivity contribution in [2.75, 3.05) is 7.11 Å². The third-order valence-corrected chi connectivity index (χ3v) is 1.72. The highest BCUT2D eigenvalue weighted by Crippen LogP contribution is 2.15. The lowest BCUT2D eigenvalue weighted by atomic mass is 10.1. The second kappa shape index (κ2) is 4.10. The Bertz CT molecular complexity index is 317. The Morgan fingerprint density at radius 1 is 1.58 bits per heavy atom. The van der Waals surface area contributed by atoms with Crippen molar-refractivity contribution in [1.29, 1.82) is 5.26 Å². The van der Waals surface area contributed by atoms with Crippen LogP contribution in [0, 0.1) is 11.3 Å². The minimum absolute atomic E-state index is 0.420. The number of nitriles is 1.